The lowest BCUT2D eigenvalue weighted by atomic mass is 9.98. The highest BCUT2D eigenvalue weighted by atomic mass is 35.5. The Kier molecular flexibility index (Phi) is 2.86. The largest absolute Gasteiger partial charge is 0.439 e. The van der Waals surface area contributed by atoms with Crippen molar-refractivity contribution < 1.29 is 8.81 Å². The third kappa shape index (κ3) is 2.16. The van der Waals surface area contributed by atoms with E-state index in [-0.39, 0.29) is 5.02 Å². The van der Waals surface area contributed by atoms with Gasteiger partial charge in [0.25, 0.3) is 0 Å². The molecule has 0 saturated carbocycles. The van der Waals surface area contributed by atoms with Gasteiger partial charge in [-0.1, -0.05) is 29.8 Å². The van der Waals surface area contributed by atoms with Crippen molar-refractivity contribution in [3.05, 3.63) is 58.7 Å². The van der Waals surface area contributed by atoms with Crippen molar-refractivity contribution in [1.29, 1.82) is 0 Å². The van der Waals surface area contributed by atoms with E-state index in [1.807, 2.05) is 12.1 Å². The highest BCUT2D eigenvalue weighted by molar-refractivity contribution is 6.34. The predicted octanol–water partition coefficient (Wildman–Crippen LogP) is 4.37. The SMILES string of the molecule is Fc1cc(Cl)c2oc(CC3CNc4ccccc43)nc2c1. The van der Waals surface area contributed by atoms with E-state index in [0.29, 0.717) is 29.3 Å². The lowest BCUT2D eigenvalue weighted by Crippen LogP contribution is -2.05. The smallest absolute Gasteiger partial charge is 0.196 e. The van der Waals surface area contributed by atoms with Crippen LogP contribution in [0, 0.1) is 5.82 Å². The van der Waals surface area contributed by atoms with Gasteiger partial charge in [0.1, 0.15) is 11.3 Å². The van der Waals surface area contributed by atoms with Gasteiger partial charge in [0.2, 0.25) is 0 Å². The van der Waals surface area contributed by atoms with Crippen molar-refractivity contribution in [3.63, 3.8) is 0 Å². The average molecular weight is 303 g/mol. The molecule has 2 heterocycles. The molecule has 4 rings (SSSR count). The summed E-state index contributed by atoms with van der Waals surface area (Å²) in [6.45, 7) is 0.847. The first-order valence-corrected chi connectivity index (χ1v) is 7.16. The van der Waals surface area contributed by atoms with Crippen molar-refractivity contribution in [2.45, 2.75) is 12.3 Å². The van der Waals surface area contributed by atoms with Crippen LogP contribution in [0.25, 0.3) is 11.1 Å². The molecule has 0 bridgehead atoms. The maximum Gasteiger partial charge on any atom is 0.196 e. The number of halogens is 2. The number of para-hydroxylation sites is 1. The molecule has 1 atom stereocenters. The van der Waals surface area contributed by atoms with Gasteiger partial charge < -0.3 is 9.73 Å². The molecule has 0 spiro atoms. The number of nitrogens with zero attached hydrogens (tertiary/aromatic N) is 1. The highest BCUT2D eigenvalue weighted by Gasteiger charge is 2.24. The number of hydrogen-bond donors (Lipinski definition) is 1. The van der Waals surface area contributed by atoms with Crippen LogP contribution in [0.15, 0.2) is 40.8 Å². The van der Waals surface area contributed by atoms with Gasteiger partial charge in [-0.25, -0.2) is 9.37 Å². The van der Waals surface area contributed by atoms with Crippen LogP contribution in [0.5, 0.6) is 0 Å². The van der Waals surface area contributed by atoms with Gasteiger partial charge in [-0.3, -0.25) is 0 Å². The zero-order chi connectivity index (χ0) is 14.4. The number of aromatic nitrogens is 1. The minimum atomic E-state index is -0.403. The number of oxazole rings is 1. The van der Waals surface area contributed by atoms with Crippen molar-refractivity contribution >= 4 is 28.4 Å². The molecule has 0 fully saturated rings. The maximum atomic E-state index is 13.3. The Balaban J connectivity index is 1.68. The fraction of sp³-hybridized carbons (Fsp3) is 0.188. The van der Waals surface area contributed by atoms with E-state index in [0.717, 1.165) is 12.2 Å². The third-order valence-electron chi connectivity index (χ3n) is 3.81. The van der Waals surface area contributed by atoms with Crippen LogP contribution in [0.2, 0.25) is 5.02 Å². The van der Waals surface area contributed by atoms with Gasteiger partial charge in [0.15, 0.2) is 11.5 Å². The van der Waals surface area contributed by atoms with Gasteiger partial charge in [-0.2, -0.15) is 0 Å². The first-order valence-electron chi connectivity index (χ1n) is 6.78. The third-order valence-corrected chi connectivity index (χ3v) is 4.10. The van der Waals surface area contributed by atoms with Gasteiger partial charge in [-0.15, -0.1) is 0 Å². The zero-order valence-electron chi connectivity index (χ0n) is 11.1. The molecule has 0 saturated heterocycles. The Morgan fingerprint density at radius 3 is 3.10 bits per heavy atom. The molecule has 1 N–H and O–H groups in total. The van der Waals surface area contributed by atoms with Gasteiger partial charge in [0.05, 0.1) is 5.02 Å². The summed E-state index contributed by atoms with van der Waals surface area (Å²) in [6, 6.07) is 10.8. The quantitative estimate of drug-likeness (QED) is 0.764. The van der Waals surface area contributed by atoms with Crippen molar-refractivity contribution in [2.24, 2.45) is 0 Å². The molecule has 0 radical (unpaired) electrons. The summed E-state index contributed by atoms with van der Waals surface area (Å²) in [5, 5.41) is 3.63. The summed E-state index contributed by atoms with van der Waals surface area (Å²) in [4.78, 5) is 4.35. The first-order chi connectivity index (χ1) is 10.2. The Morgan fingerprint density at radius 2 is 2.19 bits per heavy atom. The molecular formula is C16H12ClFN2O. The molecule has 1 aliphatic heterocycles. The van der Waals surface area contributed by atoms with E-state index >= 15 is 0 Å². The van der Waals surface area contributed by atoms with Crippen LogP contribution < -0.4 is 5.32 Å². The normalized spacial score (nSPS) is 17.0. The second kappa shape index (κ2) is 4.74. The Labute approximate surface area is 125 Å². The topological polar surface area (TPSA) is 38.1 Å². The minimum absolute atomic E-state index is 0.258. The second-order valence-electron chi connectivity index (χ2n) is 5.21. The minimum Gasteiger partial charge on any atom is -0.439 e. The number of anilines is 1. The van der Waals surface area contributed by atoms with E-state index in [9.17, 15) is 4.39 Å². The molecule has 21 heavy (non-hydrogen) atoms. The fourth-order valence-electron chi connectivity index (χ4n) is 2.84. The lowest BCUT2D eigenvalue weighted by Gasteiger charge is -2.06. The molecule has 3 nitrogen and oxygen atoms in total. The van der Waals surface area contributed by atoms with Crippen LogP contribution in [-0.2, 0) is 6.42 Å². The number of hydrogen-bond acceptors (Lipinski definition) is 3. The van der Waals surface area contributed by atoms with Crippen molar-refractivity contribution in [3.8, 4) is 0 Å². The van der Waals surface area contributed by atoms with Crippen LogP contribution in [0.1, 0.15) is 17.4 Å². The Hall–Kier alpha value is -2.07. The molecule has 1 aromatic heterocycles. The van der Waals surface area contributed by atoms with E-state index in [1.54, 1.807) is 0 Å². The average Bonchev–Trinajstić information content (AvgIpc) is 3.04. The fourth-order valence-corrected chi connectivity index (χ4v) is 3.08. The summed E-state index contributed by atoms with van der Waals surface area (Å²) < 4.78 is 19.0. The van der Waals surface area contributed by atoms with E-state index in [2.05, 4.69) is 22.4 Å². The summed E-state index contributed by atoms with van der Waals surface area (Å²) in [5.74, 6) is 0.485. The van der Waals surface area contributed by atoms with E-state index in [1.165, 1.54) is 17.7 Å². The molecular weight excluding hydrogens is 291 g/mol. The van der Waals surface area contributed by atoms with Crippen LogP contribution in [0.4, 0.5) is 10.1 Å². The summed E-state index contributed by atoms with van der Waals surface area (Å²) >= 11 is 5.99. The monoisotopic (exact) mass is 302 g/mol. The molecule has 2 aromatic carbocycles. The van der Waals surface area contributed by atoms with Crippen LogP contribution in [-0.4, -0.2) is 11.5 Å². The number of fused-ring (bicyclic) bond motifs is 2. The summed E-state index contributed by atoms with van der Waals surface area (Å²) in [5.41, 5.74) is 3.33. The van der Waals surface area contributed by atoms with Gasteiger partial charge >= 0.3 is 0 Å². The first kappa shape index (κ1) is 12.7. The standard InChI is InChI=1S/C16H12ClFN2O/c17-12-6-10(18)7-14-16(12)21-15(20-14)5-9-8-19-13-4-2-1-3-11(9)13/h1-4,6-7,9,19H,5,8H2. The van der Waals surface area contributed by atoms with Crippen molar-refractivity contribution in [2.75, 3.05) is 11.9 Å². The summed E-state index contributed by atoms with van der Waals surface area (Å²) in [6.07, 6.45) is 0.663. The zero-order valence-corrected chi connectivity index (χ0v) is 11.8. The molecule has 1 aliphatic rings. The van der Waals surface area contributed by atoms with Crippen LogP contribution in [0.3, 0.4) is 0 Å². The van der Waals surface area contributed by atoms with E-state index in [4.69, 9.17) is 16.0 Å². The Bertz CT molecular complexity index is 830. The van der Waals surface area contributed by atoms with Gasteiger partial charge in [-0.05, 0) is 17.7 Å². The number of nitrogens with one attached hydrogen (secondary N) is 1. The number of rotatable bonds is 2. The van der Waals surface area contributed by atoms with Gasteiger partial charge in [0, 0.05) is 30.6 Å². The lowest BCUT2D eigenvalue weighted by molar-refractivity contribution is 0.507. The summed E-state index contributed by atoms with van der Waals surface area (Å²) in [7, 11) is 0. The molecule has 106 valence electrons. The molecule has 0 aliphatic carbocycles. The Morgan fingerprint density at radius 1 is 1.33 bits per heavy atom. The molecule has 1 unspecified atom stereocenters. The molecule has 3 aromatic rings. The predicted molar refractivity (Wildman–Crippen MR) is 80.4 cm³/mol. The number of benzene rings is 2. The second-order valence-corrected chi connectivity index (χ2v) is 5.62. The van der Waals surface area contributed by atoms with E-state index < -0.39 is 5.82 Å². The molecule has 5 heteroatoms. The highest BCUT2D eigenvalue weighted by Crippen LogP contribution is 2.34. The van der Waals surface area contributed by atoms with Crippen LogP contribution >= 0.6 is 11.6 Å². The van der Waals surface area contributed by atoms with Crippen molar-refractivity contribution in [1.82, 2.24) is 4.98 Å². The molecule has 0 amide bonds. The maximum absolute atomic E-state index is 13.3.